The van der Waals surface area contributed by atoms with E-state index in [0.717, 1.165) is 12.8 Å². The predicted octanol–water partition coefficient (Wildman–Crippen LogP) is 3.00. The van der Waals surface area contributed by atoms with E-state index in [1.165, 1.54) is 19.3 Å². The molecule has 1 aliphatic rings. The van der Waals surface area contributed by atoms with Gasteiger partial charge in [0.05, 0.1) is 0 Å². The highest BCUT2D eigenvalue weighted by molar-refractivity contribution is 6.30. The van der Waals surface area contributed by atoms with Crippen molar-refractivity contribution < 1.29 is 14.3 Å². The standard InChI is InChI=1S/C11H14ClNO3/c12-11-10(7-4-2-1-3-5-7)16-8(13-11)6-9(14)15/h7H,1-6H2,(H,14,15). The monoisotopic (exact) mass is 243 g/mol. The van der Waals surface area contributed by atoms with E-state index in [4.69, 9.17) is 21.1 Å². The molecule has 5 heteroatoms. The molecule has 0 aromatic carbocycles. The number of aliphatic carboxylic acids is 1. The Balaban J connectivity index is 2.13. The van der Waals surface area contributed by atoms with Crippen LogP contribution in [0.4, 0.5) is 0 Å². The minimum Gasteiger partial charge on any atom is -0.481 e. The summed E-state index contributed by atoms with van der Waals surface area (Å²) in [6.07, 6.45) is 5.52. The molecule has 0 bridgehead atoms. The first kappa shape index (κ1) is 11.5. The average molecular weight is 244 g/mol. The molecule has 0 saturated heterocycles. The van der Waals surface area contributed by atoms with E-state index in [-0.39, 0.29) is 12.3 Å². The van der Waals surface area contributed by atoms with Gasteiger partial charge in [0, 0.05) is 5.92 Å². The Morgan fingerprint density at radius 2 is 2.12 bits per heavy atom. The second kappa shape index (κ2) is 4.87. The van der Waals surface area contributed by atoms with Crippen LogP contribution in [0.1, 0.15) is 49.7 Å². The zero-order valence-corrected chi connectivity index (χ0v) is 9.66. The highest BCUT2D eigenvalue weighted by atomic mass is 35.5. The summed E-state index contributed by atoms with van der Waals surface area (Å²) in [6.45, 7) is 0. The third kappa shape index (κ3) is 2.55. The van der Waals surface area contributed by atoms with Crippen LogP contribution < -0.4 is 0 Å². The molecule has 88 valence electrons. The molecule has 1 aromatic rings. The Hall–Kier alpha value is -1.03. The average Bonchev–Trinajstić information content (AvgIpc) is 2.60. The van der Waals surface area contributed by atoms with E-state index >= 15 is 0 Å². The summed E-state index contributed by atoms with van der Waals surface area (Å²) in [5, 5.41) is 8.97. The van der Waals surface area contributed by atoms with Crippen LogP contribution in [-0.2, 0) is 11.2 Å². The summed E-state index contributed by atoms with van der Waals surface area (Å²) in [5.74, 6) is 0.250. The molecule has 1 fully saturated rings. The predicted molar refractivity (Wildman–Crippen MR) is 58.7 cm³/mol. The second-order valence-corrected chi connectivity index (χ2v) is 4.53. The summed E-state index contributed by atoms with van der Waals surface area (Å²) >= 11 is 5.96. The molecule has 1 N–H and O–H groups in total. The third-order valence-electron chi connectivity index (χ3n) is 2.93. The van der Waals surface area contributed by atoms with Crippen LogP contribution in [0.2, 0.25) is 5.15 Å². The quantitative estimate of drug-likeness (QED) is 0.886. The number of oxazole rings is 1. The molecule has 0 unspecified atom stereocenters. The number of rotatable bonds is 3. The van der Waals surface area contributed by atoms with Gasteiger partial charge in [-0.25, -0.2) is 4.98 Å². The number of hydrogen-bond donors (Lipinski definition) is 1. The Morgan fingerprint density at radius 1 is 1.44 bits per heavy atom. The maximum absolute atomic E-state index is 10.5. The number of aromatic nitrogens is 1. The highest BCUT2D eigenvalue weighted by Crippen LogP contribution is 2.36. The number of hydrogen-bond acceptors (Lipinski definition) is 3. The summed E-state index contributed by atoms with van der Waals surface area (Å²) in [7, 11) is 0. The largest absolute Gasteiger partial charge is 0.481 e. The minimum absolute atomic E-state index is 0.202. The van der Waals surface area contributed by atoms with Crippen molar-refractivity contribution in [1.82, 2.24) is 4.98 Å². The van der Waals surface area contributed by atoms with Crippen molar-refractivity contribution in [2.75, 3.05) is 0 Å². The van der Waals surface area contributed by atoms with Gasteiger partial charge in [-0.3, -0.25) is 4.79 Å². The van der Waals surface area contributed by atoms with Crippen molar-refractivity contribution in [3.8, 4) is 0 Å². The lowest BCUT2D eigenvalue weighted by molar-refractivity contribution is -0.136. The van der Waals surface area contributed by atoms with E-state index in [1.54, 1.807) is 0 Å². The normalized spacial score (nSPS) is 17.6. The first-order valence-electron chi connectivity index (χ1n) is 5.53. The van der Waals surface area contributed by atoms with Crippen LogP contribution in [-0.4, -0.2) is 16.1 Å². The van der Waals surface area contributed by atoms with Crippen LogP contribution >= 0.6 is 11.6 Å². The van der Waals surface area contributed by atoms with Crippen molar-refractivity contribution in [3.05, 3.63) is 16.8 Å². The van der Waals surface area contributed by atoms with E-state index in [1.807, 2.05) is 0 Å². The summed E-state index contributed by atoms with van der Waals surface area (Å²) < 4.78 is 5.44. The zero-order valence-electron chi connectivity index (χ0n) is 8.91. The van der Waals surface area contributed by atoms with Crippen molar-refractivity contribution in [2.45, 2.75) is 44.4 Å². The lowest BCUT2D eigenvalue weighted by Gasteiger charge is -2.19. The molecule has 1 heterocycles. The second-order valence-electron chi connectivity index (χ2n) is 4.17. The van der Waals surface area contributed by atoms with Crippen molar-refractivity contribution >= 4 is 17.6 Å². The minimum atomic E-state index is -0.951. The van der Waals surface area contributed by atoms with Gasteiger partial charge in [-0.1, -0.05) is 30.9 Å². The maximum Gasteiger partial charge on any atom is 0.312 e. The van der Waals surface area contributed by atoms with Gasteiger partial charge in [-0.2, -0.15) is 0 Å². The number of halogens is 1. The number of nitrogens with zero attached hydrogens (tertiary/aromatic N) is 1. The molecular formula is C11H14ClNO3. The fraction of sp³-hybridized carbons (Fsp3) is 0.636. The van der Waals surface area contributed by atoms with Gasteiger partial charge >= 0.3 is 5.97 Å². The van der Waals surface area contributed by atoms with Gasteiger partial charge in [-0.15, -0.1) is 0 Å². The molecule has 1 saturated carbocycles. The van der Waals surface area contributed by atoms with Gasteiger partial charge in [0.15, 0.2) is 5.15 Å². The van der Waals surface area contributed by atoms with Gasteiger partial charge in [0.25, 0.3) is 0 Å². The van der Waals surface area contributed by atoms with Crippen LogP contribution in [0.15, 0.2) is 4.42 Å². The first-order valence-corrected chi connectivity index (χ1v) is 5.91. The van der Waals surface area contributed by atoms with E-state index in [0.29, 0.717) is 16.8 Å². The summed E-state index contributed by atoms with van der Waals surface area (Å²) in [5.41, 5.74) is 0. The Bertz CT molecular complexity index is 383. The summed E-state index contributed by atoms with van der Waals surface area (Å²) in [6, 6.07) is 0. The Kier molecular flexibility index (Phi) is 3.49. The van der Waals surface area contributed by atoms with E-state index in [9.17, 15) is 4.79 Å². The summed E-state index contributed by atoms with van der Waals surface area (Å²) in [4.78, 5) is 14.5. The lowest BCUT2D eigenvalue weighted by Crippen LogP contribution is -2.04. The lowest BCUT2D eigenvalue weighted by atomic mass is 9.88. The Morgan fingerprint density at radius 3 is 2.75 bits per heavy atom. The molecule has 0 spiro atoms. The highest BCUT2D eigenvalue weighted by Gasteiger charge is 2.24. The van der Waals surface area contributed by atoms with Crippen molar-refractivity contribution in [3.63, 3.8) is 0 Å². The first-order chi connectivity index (χ1) is 7.66. The van der Waals surface area contributed by atoms with Crippen LogP contribution in [0, 0.1) is 0 Å². The van der Waals surface area contributed by atoms with Gasteiger partial charge in [-0.05, 0) is 12.8 Å². The molecule has 1 aromatic heterocycles. The van der Waals surface area contributed by atoms with Crippen LogP contribution in [0.5, 0.6) is 0 Å². The van der Waals surface area contributed by atoms with Gasteiger partial charge < -0.3 is 9.52 Å². The molecular weight excluding hydrogens is 230 g/mol. The molecule has 1 aliphatic carbocycles. The van der Waals surface area contributed by atoms with Crippen molar-refractivity contribution in [1.29, 1.82) is 0 Å². The number of carboxylic acid groups (broad SMARTS) is 1. The van der Waals surface area contributed by atoms with Crippen LogP contribution in [0.25, 0.3) is 0 Å². The molecule has 2 rings (SSSR count). The Labute approximate surface area is 98.6 Å². The zero-order chi connectivity index (χ0) is 11.5. The van der Waals surface area contributed by atoms with Crippen LogP contribution in [0.3, 0.4) is 0 Å². The topological polar surface area (TPSA) is 63.3 Å². The fourth-order valence-electron chi connectivity index (χ4n) is 2.18. The van der Waals surface area contributed by atoms with E-state index in [2.05, 4.69) is 4.98 Å². The molecule has 0 amide bonds. The van der Waals surface area contributed by atoms with Gasteiger partial charge in [0.2, 0.25) is 5.89 Å². The molecule has 4 nitrogen and oxygen atoms in total. The maximum atomic E-state index is 10.5. The fourth-order valence-corrected chi connectivity index (χ4v) is 2.47. The van der Waals surface area contributed by atoms with Gasteiger partial charge in [0.1, 0.15) is 12.2 Å². The molecule has 0 atom stereocenters. The van der Waals surface area contributed by atoms with Crippen molar-refractivity contribution in [2.24, 2.45) is 0 Å². The number of carbonyl (C=O) groups is 1. The SMILES string of the molecule is O=C(O)Cc1nc(Cl)c(C2CCCCC2)o1. The molecule has 0 radical (unpaired) electrons. The smallest absolute Gasteiger partial charge is 0.312 e. The molecule has 16 heavy (non-hydrogen) atoms. The van der Waals surface area contributed by atoms with E-state index < -0.39 is 5.97 Å². The number of carboxylic acids is 1. The third-order valence-corrected chi connectivity index (χ3v) is 3.20. The molecule has 0 aliphatic heterocycles.